The summed E-state index contributed by atoms with van der Waals surface area (Å²) in [5, 5.41) is 9.67. The highest BCUT2D eigenvalue weighted by Gasteiger charge is 2.30. The minimum atomic E-state index is -1.09. The number of likely N-dealkylation sites (N-methyl/N-ethyl adjacent to an activating group) is 1. The summed E-state index contributed by atoms with van der Waals surface area (Å²) < 4.78 is 5.26. The van der Waals surface area contributed by atoms with Gasteiger partial charge in [0.2, 0.25) is 0 Å². The molecule has 0 aromatic heterocycles. The molecule has 132 valence electrons. The Labute approximate surface area is 147 Å². The van der Waals surface area contributed by atoms with E-state index in [1.54, 1.807) is 0 Å². The van der Waals surface area contributed by atoms with E-state index in [1.807, 2.05) is 63.2 Å². The number of aryl methyl sites for hydroxylation is 3. The number of carboxylic acid groups (broad SMARTS) is 1. The lowest BCUT2D eigenvalue weighted by Crippen LogP contribution is -2.36. The molecule has 0 heterocycles. The molecule has 2 aromatic rings. The van der Waals surface area contributed by atoms with Crippen LogP contribution in [0.3, 0.4) is 0 Å². The summed E-state index contributed by atoms with van der Waals surface area (Å²) >= 11 is 0. The highest BCUT2D eigenvalue weighted by atomic mass is 16.6. The zero-order valence-corrected chi connectivity index (χ0v) is 14.9. The molecule has 0 aliphatic rings. The number of nitrogens with zero attached hydrogens (tertiary/aromatic N) is 1. The Kier molecular flexibility index (Phi) is 5.80. The van der Waals surface area contributed by atoms with Gasteiger partial charge in [0, 0.05) is 7.05 Å². The molecule has 2 rings (SSSR count). The molecule has 1 N–H and O–H groups in total. The van der Waals surface area contributed by atoms with Gasteiger partial charge in [0.05, 0.1) is 0 Å². The van der Waals surface area contributed by atoms with E-state index in [0.29, 0.717) is 5.56 Å². The molecule has 0 fully saturated rings. The Hall–Kier alpha value is -2.82. The second-order valence-electron chi connectivity index (χ2n) is 6.18. The van der Waals surface area contributed by atoms with Crippen LogP contribution in [0.1, 0.15) is 33.9 Å². The fraction of sp³-hybridized carbons (Fsp3) is 0.300. The van der Waals surface area contributed by atoms with Crippen molar-refractivity contribution in [2.45, 2.75) is 33.4 Å². The predicted molar refractivity (Wildman–Crippen MR) is 95.4 cm³/mol. The van der Waals surface area contributed by atoms with E-state index in [0.717, 1.165) is 27.2 Å². The van der Waals surface area contributed by atoms with Gasteiger partial charge < -0.3 is 9.84 Å². The van der Waals surface area contributed by atoms with Crippen molar-refractivity contribution in [3.8, 4) is 0 Å². The number of hydrogen-bond donors (Lipinski definition) is 1. The number of ether oxygens (including phenoxy) is 1. The van der Waals surface area contributed by atoms with E-state index in [9.17, 15) is 14.7 Å². The molecule has 1 unspecified atom stereocenters. The van der Waals surface area contributed by atoms with E-state index in [-0.39, 0.29) is 6.61 Å². The first-order chi connectivity index (χ1) is 11.8. The summed E-state index contributed by atoms with van der Waals surface area (Å²) in [7, 11) is 1.45. The van der Waals surface area contributed by atoms with Crippen LogP contribution in [0.25, 0.3) is 0 Å². The second kappa shape index (κ2) is 7.83. The minimum Gasteiger partial charge on any atom is -0.479 e. The molecule has 0 bridgehead atoms. The number of rotatable bonds is 5. The number of benzene rings is 2. The summed E-state index contributed by atoms with van der Waals surface area (Å²) in [5.74, 6) is -1.09. The first-order valence-corrected chi connectivity index (χ1v) is 8.05. The molecule has 0 aliphatic heterocycles. The maximum Gasteiger partial charge on any atom is 0.410 e. The Morgan fingerprint density at radius 1 is 1.04 bits per heavy atom. The van der Waals surface area contributed by atoms with Crippen LogP contribution in [0, 0.1) is 20.8 Å². The lowest BCUT2D eigenvalue weighted by Gasteiger charge is -2.26. The third kappa shape index (κ3) is 4.38. The van der Waals surface area contributed by atoms with E-state index in [4.69, 9.17) is 4.74 Å². The quantitative estimate of drug-likeness (QED) is 0.892. The monoisotopic (exact) mass is 341 g/mol. The Morgan fingerprint density at radius 2 is 1.64 bits per heavy atom. The molecule has 1 amide bonds. The number of carbonyl (C=O) groups is 2. The van der Waals surface area contributed by atoms with Crippen molar-refractivity contribution in [2.24, 2.45) is 0 Å². The van der Waals surface area contributed by atoms with E-state index >= 15 is 0 Å². The number of carbonyl (C=O) groups excluding carboxylic acids is 1. The standard InChI is InChI=1S/C20H23NO4/c1-13-10-15(3)17(11-14(13)2)18(19(22)23)21(4)20(24)25-12-16-8-6-5-7-9-16/h5-11,18H,12H2,1-4H3,(H,22,23). The van der Waals surface area contributed by atoms with E-state index < -0.39 is 18.1 Å². The maximum atomic E-state index is 12.3. The SMILES string of the molecule is Cc1cc(C)c(C(C(=O)O)N(C)C(=O)OCc2ccccc2)cc1C. The molecule has 2 aromatic carbocycles. The molecule has 0 aliphatic carbocycles. The zero-order chi connectivity index (χ0) is 18.6. The molecule has 0 saturated carbocycles. The molecule has 1 atom stereocenters. The summed E-state index contributed by atoms with van der Waals surface area (Å²) in [4.78, 5) is 25.3. The van der Waals surface area contributed by atoms with Crippen molar-refractivity contribution < 1.29 is 19.4 Å². The maximum absolute atomic E-state index is 12.3. The summed E-state index contributed by atoms with van der Waals surface area (Å²) in [5.41, 5.74) is 4.34. The van der Waals surface area contributed by atoms with Crippen LogP contribution in [0.4, 0.5) is 4.79 Å². The highest BCUT2D eigenvalue weighted by Crippen LogP contribution is 2.27. The third-order valence-electron chi connectivity index (χ3n) is 4.29. The van der Waals surface area contributed by atoms with Gasteiger partial charge in [0.25, 0.3) is 0 Å². The van der Waals surface area contributed by atoms with Crippen LogP contribution >= 0.6 is 0 Å². The van der Waals surface area contributed by atoms with Crippen LogP contribution in [-0.4, -0.2) is 29.1 Å². The van der Waals surface area contributed by atoms with Crippen molar-refractivity contribution in [3.63, 3.8) is 0 Å². The number of amides is 1. The largest absolute Gasteiger partial charge is 0.479 e. The summed E-state index contributed by atoms with van der Waals surface area (Å²) in [6.45, 7) is 5.84. The molecule has 5 nitrogen and oxygen atoms in total. The van der Waals surface area contributed by atoms with Crippen LogP contribution < -0.4 is 0 Å². The Bertz CT molecular complexity index is 771. The lowest BCUT2D eigenvalue weighted by atomic mass is 9.95. The average molecular weight is 341 g/mol. The van der Waals surface area contributed by atoms with Crippen LogP contribution in [0.2, 0.25) is 0 Å². The molecular formula is C20H23NO4. The van der Waals surface area contributed by atoms with Gasteiger partial charge in [-0.3, -0.25) is 4.90 Å². The predicted octanol–water partition coefficient (Wildman–Crippen LogP) is 4.01. The third-order valence-corrected chi connectivity index (χ3v) is 4.29. The highest BCUT2D eigenvalue weighted by molar-refractivity contribution is 5.82. The van der Waals surface area contributed by atoms with Gasteiger partial charge >= 0.3 is 12.1 Å². The molecule has 0 radical (unpaired) electrons. The number of carboxylic acids is 1. The van der Waals surface area contributed by atoms with Gasteiger partial charge in [0.1, 0.15) is 6.61 Å². The van der Waals surface area contributed by atoms with Gasteiger partial charge in [-0.05, 0) is 48.6 Å². The fourth-order valence-corrected chi connectivity index (χ4v) is 2.71. The normalized spacial score (nSPS) is 11.7. The molecule has 0 saturated heterocycles. The van der Waals surface area contributed by atoms with Gasteiger partial charge in [-0.2, -0.15) is 0 Å². The van der Waals surface area contributed by atoms with Gasteiger partial charge in [-0.25, -0.2) is 9.59 Å². The van der Waals surface area contributed by atoms with Gasteiger partial charge in [-0.15, -0.1) is 0 Å². The summed E-state index contributed by atoms with van der Waals surface area (Å²) in [6.07, 6.45) is -0.672. The zero-order valence-electron chi connectivity index (χ0n) is 14.9. The first kappa shape index (κ1) is 18.5. The van der Waals surface area contributed by atoms with Gasteiger partial charge in [-0.1, -0.05) is 42.5 Å². The number of aliphatic carboxylic acids is 1. The minimum absolute atomic E-state index is 0.0995. The van der Waals surface area contributed by atoms with Crippen molar-refractivity contribution in [1.29, 1.82) is 0 Å². The van der Waals surface area contributed by atoms with Crippen molar-refractivity contribution in [1.82, 2.24) is 4.90 Å². The van der Waals surface area contributed by atoms with Gasteiger partial charge in [0.15, 0.2) is 6.04 Å². The van der Waals surface area contributed by atoms with Crippen molar-refractivity contribution >= 4 is 12.1 Å². The molecular weight excluding hydrogens is 318 g/mol. The topological polar surface area (TPSA) is 66.8 Å². The Morgan fingerprint density at radius 3 is 2.24 bits per heavy atom. The van der Waals surface area contributed by atoms with Crippen LogP contribution in [-0.2, 0) is 16.1 Å². The van der Waals surface area contributed by atoms with Crippen molar-refractivity contribution in [2.75, 3.05) is 7.05 Å². The van der Waals surface area contributed by atoms with E-state index in [2.05, 4.69) is 0 Å². The van der Waals surface area contributed by atoms with Crippen molar-refractivity contribution in [3.05, 3.63) is 70.3 Å². The first-order valence-electron chi connectivity index (χ1n) is 8.05. The number of hydrogen-bond acceptors (Lipinski definition) is 3. The van der Waals surface area contributed by atoms with Crippen LogP contribution in [0.15, 0.2) is 42.5 Å². The smallest absolute Gasteiger partial charge is 0.410 e. The molecule has 0 spiro atoms. The van der Waals surface area contributed by atoms with Crippen LogP contribution in [0.5, 0.6) is 0 Å². The molecule has 25 heavy (non-hydrogen) atoms. The average Bonchev–Trinajstić information content (AvgIpc) is 2.58. The lowest BCUT2D eigenvalue weighted by molar-refractivity contribution is -0.142. The molecule has 5 heteroatoms. The fourth-order valence-electron chi connectivity index (χ4n) is 2.71. The second-order valence-corrected chi connectivity index (χ2v) is 6.18. The summed E-state index contributed by atoms with van der Waals surface area (Å²) in [6, 6.07) is 11.9. The van der Waals surface area contributed by atoms with E-state index in [1.165, 1.54) is 7.05 Å². The Balaban J connectivity index is 2.20.